The van der Waals surface area contributed by atoms with Crippen molar-refractivity contribution in [2.45, 2.75) is 39.5 Å². The van der Waals surface area contributed by atoms with Gasteiger partial charge in [0.05, 0.1) is 13.5 Å². The Morgan fingerprint density at radius 1 is 1.09 bits per heavy atom. The third-order valence-electron chi connectivity index (χ3n) is 6.05. The topological polar surface area (TPSA) is 86.7 Å². The Labute approximate surface area is 203 Å². The van der Waals surface area contributed by atoms with E-state index in [0.29, 0.717) is 28.2 Å². The molecular formula is C28H29FN2O4. The third kappa shape index (κ3) is 5.00. The highest BCUT2D eigenvalue weighted by Crippen LogP contribution is 2.35. The molecule has 0 atom stereocenters. The molecule has 182 valence electrons. The molecule has 1 heterocycles. The van der Waals surface area contributed by atoms with E-state index in [4.69, 9.17) is 15.2 Å². The van der Waals surface area contributed by atoms with Crippen LogP contribution >= 0.6 is 0 Å². The lowest BCUT2D eigenvalue weighted by Crippen LogP contribution is -2.05. The summed E-state index contributed by atoms with van der Waals surface area (Å²) in [4.78, 5) is 11.4. The summed E-state index contributed by atoms with van der Waals surface area (Å²) in [6.07, 6.45) is 1.81. The zero-order valence-electron chi connectivity index (χ0n) is 20.0. The first-order valence-electron chi connectivity index (χ1n) is 11.4. The van der Waals surface area contributed by atoms with E-state index >= 15 is 4.39 Å². The molecule has 6 nitrogen and oxygen atoms in total. The quantitative estimate of drug-likeness (QED) is 0.324. The zero-order valence-corrected chi connectivity index (χ0v) is 20.0. The monoisotopic (exact) mass is 476 g/mol. The molecule has 35 heavy (non-hydrogen) atoms. The fourth-order valence-corrected chi connectivity index (χ4v) is 4.31. The van der Waals surface area contributed by atoms with Gasteiger partial charge in [0, 0.05) is 46.4 Å². The maximum atomic E-state index is 15.3. The van der Waals surface area contributed by atoms with Crippen LogP contribution in [0.3, 0.4) is 0 Å². The molecule has 0 amide bonds. The maximum Gasteiger partial charge on any atom is 0.307 e. The number of nitrogens with two attached hydrogens (primary N) is 1. The highest BCUT2D eigenvalue weighted by atomic mass is 19.1. The number of carboxylic acids is 1. The predicted molar refractivity (Wildman–Crippen MR) is 134 cm³/mol. The van der Waals surface area contributed by atoms with Crippen molar-refractivity contribution in [1.29, 1.82) is 0 Å². The molecule has 1 aromatic heterocycles. The van der Waals surface area contributed by atoms with Crippen LogP contribution in [0.25, 0.3) is 22.0 Å². The van der Waals surface area contributed by atoms with Crippen LogP contribution < -0.4 is 15.2 Å². The fourth-order valence-electron chi connectivity index (χ4n) is 4.31. The predicted octanol–water partition coefficient (Wildman–Crippen LogP) is 5.70. The van der Waals surface area contributed by atoms with E-state index in [1.807, 2.05) is 30.5 Å². The van der Waals surface area contributed by atoms with Crippen molar-refractivity contribution >= 4 is 16.9 Å². The van der Waals surface area contributed by atoms with E-state index in [1.165, 1.54) is 7.11 Å². The lowest BCUT2D eigenvalue weighted by molar-refractivity contribution is -0.136. The molecule has 0 fully saturated rings. The zero-order chi connectivity index (χ0) is 25.1. The van der Waals surface area contributed by atoms with Gasteiger partial charge in [0.25, 0.3) is 0 Å². The summed E-state index contributed by atoms with van der Waals surface area (Å²) >= 11 is 0. The first-order valence-corrected chi connectivity index (χ1v) is 11.4. The Kier molecular flexibility index (Phi) is 7.07. The number of carbonyl (C=O) groups is 1. The van der Waals surface area contributed by atoms with Crippen molar-refractivity contribution < 1.29 is 23.8 Å². The Bertz CT molecular complexity index is 1380. The lowest BCUT2D eigenvalue weighted by Gasteiger charge is -2.16. The number of hydrogen-bond acceptors (Lipinski definition) is 4. The second-order valence-corrected chi connectivity index (χ2v) is 8.71. The van der Waals surface area contributed by atoms with E-state index in [9.17, 15) is 9.90 Å². The number of carboxylic acid groups (broad SMARTS) is 1. The molecule has 0 aliphatic rings. The van der Waals surface area contributed by atoms with Crippen molar-refractivity contribution in [3.05, 3.63) is 83.3 Å². The van der Waals surface area contributed by atoms with Crippen LogP contribution in [-0.4, -0.2) is 22.8 Å². The summed E-state index contributed by atoms with van der Waals surface area (Å²) in [6.45, 7) is 4.48. The van der Waals surface area contributed by atoms with Gasteiger partial charge in [-0.3, -0.25) is 4.79 Å². The van der Waals surface area contributed by atoms with Gasteiger partial charge >= 0.3 is 5.97 Å². The minimum atomic E-state index is -0.961. The number of hydrogen-bond donors (Lipinski definition) is 2. The van der Waals surface area contributed by atoms with Crippen LogP contribution in [0, 0.1) is 5.82 Å². The molecule has 3 N–H and O–H groups in total. The molecule has 4 aromatic rings. The standard InChI is InChI=1S/C28H29FN2O4/c1-17(2)31-10-9-22-24(23-6-4-5-19(15-30)28(23)29)11-18(12-25(22)31)16-35-26-8-7-21(34-3)13-20(26)14-27(32)33/h4-13,17H,14-16,30H2,1-3H3,(H,32,33). The van der Waals surface area contributed by atoms with E-state index < -0.39 is 5.97 Å². The number of methoxy groups -OCH3 is 1. The average molecular weight is 477 g/mol. The second kappa shape index (κ2) is 10.2. The number of benzene rings is 3. The summed E-state index contributed by atoms with van der Waals surface area (Å²) in [6, 6.07) is 16.5. The number of rotatable bonds is 9. The number of ether oxygens (including phenoxy) is 2. The Balaban J connectivity index is 1.78. The first-order chi connectivity index (χ1) is 16.8. The van der Waals surface area contributed by atoms with Crippen molar-refractivity contribution in [3.63, 3.8) is 0 Å². The van der Waals surface area contributed by atoms with E-state index in [-0.39, 0.29) is 31.4 Å². The third-order valence-corrected chi connectivity index (χ3v) is 6.05. The minimum absolute atomic E-state index is 0.114. The summed E-state index contributed by atoms with van der Waals surface area (Å²) in [7, 11) is 1.53. The van der Waals surface area contributed by atoms with Crippen LogP contribution in [0.2, 0.25) is 0 Å². The van der Waals surface area contributed by atoms with Gasteiger partial charge in [-0.25, -0.2) is 4.39 Å². The molecule has 0 unspecified atom stereocenters. The fraction of sp³-hybridized carbons (Fsp3) is 0.250. The molecule has 3 aromatic carbocycles. The molecule has 0 aliphatic carbocycles. The molecular weight excluding hydrogens is 447 g/mol. The smallest absolute Gasteiger partial charge is 0.307 e. The highest BCUT2D eigenvalue weighted by molar-refractivity contribution is 5.96. The van der Waals surface area contributed by atoms with Crippen molar-refractivity contribution in [2.24, 2.45) is 5.73 Å². The van der Waals surface area contributed by atoms with Crippen molar-refractivity contribution in [3.8, 4) is 22.6 Å². The van der Waals surface area contributed by atoms with Crippen LogP contribution in [0.4, 0.5) is 4.39 Å². The largest absolute Gasteiger partial charge is 0.497 e. The van der Waals surface area contributed by atoms with E-state index in [2.05, 4.69) is 18.4 Å². The molecule has 0 saturated heterocycles. The first kappa shape index (κ1) is 24.3. The average Bonchev–Trinajstić information content (AvgIpc) is 3.27. The molecule has 7 heteroatoms. The Hall–Kier alpha value is -3.84. The van der Waals surface area contributed by atoms with Gasteiger partial charge in [-0.1, -0.05) is 18.2 Å². The minimum Gasteiger partial charge on any atom is -0.497 e. The van der Waals surface area contributed by atoms with Gasteiger partial charge in [0.2, 0.25) is 0 Å². The van der Waals surface area contributed by atoms with Crippen molar-refractivity contribution in [1.82, 2.24) is 4.57 Å². The molecule has 0 spiro atoms. The van der Waals surface area contributed by atoms with Gasteiger partial charge in [0.15, 0.2) is 0 Å². The number of fused-ring (bicyclic) bond motifs is 1. The van der Waals surface area contributed by atoms with Crippen LogP contribution in [0.1, 0.15) is 36.6 Å². The van der Waals surface area contributed by atoms with Gasteiger partial charge < -0.3 is 24.9 Å². The summed E-state index contributed by atoms with van der Waals surface area (Å²) in [5.41, 5.74) is 9.77. The Morgan fingerprint density at radius 2 is 1.89 bits per heavy atom. The van der Waals surface area contributed by atoms with Gasteiger partial charge in [-0.05, 0) is 61.4 Å². The molecule has 4 rings (SSSR count). The lowest BCUT2D eigenvalue weighted by atomic mass is 9.96. The van der Waals surface area contributed by atoms with Crippen LogP contribution in [-0.2, 0) is 24.4 Å². The van der Waals surface area contributed by atoms with E-state index in [0.717, 1.165) is 22.0 Å². The molecule has 0 saturated carbocycles. The number of nitrogens with zero attached hydrogens (tertiary/aromatic N) is 1. The van der Waals surface area contributed by atoms with Gasteiger partial charge in [0.1, 0.15) is 23.9 Å². The molecule has 0 bridgehead atoms. The molecule has 0 aliphatic heterocycles. The summed E-state index contributed by atoms with van der Waals surface area (Å²) < 4.78 is 28.7. The summed E-state index contributed by atoms with van der Waals surface area (Å²) in [5.74, 6) is -0.268. The van der Waals surface area contributed by atoms with Gasteiger partial charge in [-0.15, -0.1) is 0 Å². The number of aromatic nitrogens is 1. The summed E-state index contributed by atoms with van der Waals surface area (Å²) in [5, 5.41) is 10.2. The van der Waals surface area contributed by atoms with Crippen LogP contribution in [0.5, 0.6) is 11.5 Å². The SMILES string of the molecule is COc1ccc(OCc2cc(-c3cccc(CN)c3F)c3ccn(C(C)C)c3c2)c(CC(=O)O)c1. The van der Waals surface area contributed by atoms with Crippen molar-refractivity contribution in [2.75, 3.05) is 7.11 Å². The number of halogens is 1. The number of aliphatic carboxylic acids is 1. The molecule has 0 radical (unpaired) electrons. The Morgan fingerprint density at radius 3 is 2.57 bits per heavy atom. The normalized spacial score (nSPS) is 11.3. The maximum absolute atomic E-state index is 15.3. The second-order valence-electron chi connectivity index (χ2n) is 8.71. The van der Waals surface area contributed by atoms with Gasteiger partial charge in [-0.2, -0.15) is 0 Å². The van der Waals surface area contributed by atoms with E-state index in [1.54, 1.807) is 30.3 Å². The highest BCUT2D eigenvalue weighted by Gasteiger charge is 2.17. The van der Waals surface area contributed by atoms with Crippen LogP contribution in [0.15, 0.2) is 60.8 Å².